The second-order valence-corrected chi connectivity index (χ2v) is 8.65. The van der Waals surface area contributed by atoms with Gasteiger partial charge in [0.25, 0.3) is 0 Å². The highest BCUT2D eigenvalue weighted by Crippen LogP contribution is 2.40. The van der Waals surface area contributed by atoms with Gasteiger partial charge in [-0.1, -0.05) is 11.6 Å². The number of benzene rings is 1. The molecule has 0 radical (unpaired) electrons. The highest BCUT2D eigenvalue weighted by molar-refractivity contribution is 6.34. The summed E-state index contributed by atoms with van der Waals surface area (Å²) in [5, 5.41) is 1.74. The van der Waals surface area contributed by atoms with Crippen molar-refractivity contribution in [2.75, 3.05) is 31.8 Å². The van der Waals surface area contributed by atoms with Crippen molar-refractivity contribution in [1.82, 2.24) is 15.0 Å². The maximum Gasteiger partial charge on any atom is 0.137 e. The van der Waals surface area contributed by atoms with Gasteiger partial charge in [0, 0.05) is 52.2 Å². The molecule has 0 atom stereocenters. The van der Waals surface area contributed by atoms with Crippen LogP contribution in [0.1, 0.15) is 6.42 Å². The largest absolute Gasteiger partial charge is 0.495 e. The molecule has 7 heteroatoms. The van der Waals surface area contributed by atoms with Crippen molar-refractivity contribution in [2.45, 2.75) is 12.0 Å². The molecule has 2 aliphatic heterocycles. The number of methoxy groups -OCH3 is 1. The van der Waals surface area contributed by atoms with E-state index in [1.54, 1.807) is 19.5 Å². The minimum absolute atomic E-state index is 0.192. The van der Waals surface area contributed by atoms with Crippen LogP contribution in [-0.2, 0) is 4.74 Å². The van der Waals surface area contributed by atoms with Gasteiger partial charge < -0.3 is 19.4 Å². The topological polar surface area (TPSA) is 63.3 Å². The van der Waals surface area contributed by atoms with E-state index >= 15 is 0 Å². The van der Waals surface area contributed by atoms with Crippen LogP contribution < -0.4 is 9.64 Å². The molecule has 0 saturated carbocycles. The predicted molar refractivity (Wildman–Crippen MR) is 122 cm³/mol. The smallest absolute Gasteiger partial charge is 0.137 e. The quantitative estimate of drug-likeness (QED) is 0.495. The molecule has 0 bridgehead atoms. The van der Waals surface area contributed by atoms with Crippen LogP contribution in [0.15, 0.2) is 55.0 Å². The second kappa shape index (κ2) is 6.97. The van der Waals surface area contributed by atoms with Crippen LogP contribution in [0.25, 0.3) is 33.3 Å². The van der Waals surface area contributed by atoms with Crippen LogP contribution in [0.5, 0.6) is 5.75 Å². The van der Waals surface area contributed by atoms with E-state index in [1.165, 1.54) is 6.42 Å². The summed E-state index contributed by atoms with van der Waals surface area (Å²) >= 11 is 6.60. The summed E-state index contributed by atoms with van der Waals surface area (Å²) in [6.45, 7) is 2.66. The SMILES string of the molecule is COc1cncc(-c2cc3cc(-c4ccc(N5CCC56COC6)nc4)[nH]c3cc2Cl)c1. The number of nitrogens with zero attached hydrogens (tertiary/aromatic N) is 3. The van der Waals surface area contributed by atoms with Gasteiger partial charge in [0.1, 0.15) is 11.6 Å². The number of nitrogens with one attached hydrogen (secondary N) is 1. The normalized spacial score (nSPS) is 16.9. The molecule has 31 heavy (non-hydrogen) atoms. The first-order valence-corrected chi connectivity index (χ1v) is 10.7. The van der Waals surface area contributed by atoms with Crippen LogP contribution >= 0.6 is 11.6 Å². The van der Waals surface area contributed by atoms with E-state index in [-0.39, 0.29) is 5.54 Å². The number of aromatic amines is 1. The molecular formula is C24H21ClN4O2. The van der Waals surface area contributed by atoms with Gasteiger partial charge in [0.05, 0.1) is 37.1 Å². The molecule has 2 fully saturated rings. The lowest BCUT2D eigenvalue weighted by molar-refractivity contribution is -0.0851. The Hall–Kier alpha value is -3.09. The number of pyridine rings is 2. The fraction of sp³-hybridized carbons (Fsp3) is 0.250. The maximum absolute atomic E-state index is 6.60. The standard InChI is InChI=1S/C24H21ClN4O2/c1-30-18-6-17(10-26-12-18)19-7-16-8-21(28-22(16)9-20(19)25)15-2-3-23(27-11-15)29-5-4-24(29)13-31-14-24/h2-3,6-12,28H,4-5,13-14H2,1H3. The lowest BCUT2D eigenvalue weighted by Crippen LogP contribution is -2.71. The van der Waals surface area contributed by atoms with Crippen molar-refractivity contribution in [3.8, 4) is 28.1 Å². The first-order chi connectivity index (χ1) is 15.1. The summed E-state index contributed by atoms with van der Waals surface area (Å²) in [5.41, 5.74) is 5.07. The van der Waals surface area contributed by atoms with Gasteiger partial charge in [0.2, 0.25) is 0 Å². The minimum atomic E-state index is 0.192. The van der Waals surface area contributed by atoms with Crippen molar-refractivity contribution >= 4 is 28.3 Å². The molecule has 6 nitrogen and oxygen atoms in total. The third kappa shape index (κ3) is 2.98. The average molecular weight is 433 g/mol. The Morgan fingerprint density at radius 1 is 1.10 bits per heavy atom. The molecule has 6 rings (SSSR count). The van der Waals surface area contributed by atoms with Gasteiger partial charge in [-0.05, 0) is 42.8 Å². The number of anilines is 1. The first kappa shape index (κ1) is 18.7. The Kier molecular flexibility index (Phi) is 4.20. The zero-order valence-corrected chi connectivity index (χ0v) is 17.8. The molecule has 1 spiro atoms. The van der Waals surface area contributed by atoms with E-state index in [2.05, 4.69) is 39.1 Å². The summed E-state index contributed by atoms with van der Waals surface area (Å²) in [6.07, 6.45) is 6.59. The van der Waals surface area contributed by atoms with Crippen LogP contribution in [0.2, 0.25) is 5.02 Å². The monoisotopic (exact) mass is 432 g/mol. The highest BCUT2D eigenvalue weighted by atomic mass is 35.5. The molecule has 5 heterocycles. The van der Waals surface area contributed by atoms with E-state index in [4.69, 9.17) is 26.1 Å². The molecule has 1 aromatic carbocycles. The first-order valence-electron chi connectivity index (χ1n) is 10.3. The molecule has 2 saturated heterocycles. The number of halogens is 1. The van der Waals surface area contributed by atoms with Crippen molar-refractivity contribution < 1.29 is 9.47 Å². The van der Waals surface area contributed by atoms with Crippen LogP contribution in [0, 0.1) is 0 Å². The predicted octanol–water partition coefficient (Wildman–Crippen LogP) is 4.93. The fourth-order valence-corrected chi connectivity index (χ4v) is 4.72. The van der Waals surface area contributed by atoms with Gasteiger partial charge >= 0.3 is 0 Å². The zero-order chi connectivity index (χ0) is 21.0. The summed E-state index contributed by atoms with van der Waals surface area (Å²) < 4.78 is 10.7. The zero-order valence-electron chi connectivity index (χ0n) is 17.1. The van der Waals surface area contributed by atoms with Gasteiger partial charge in [-0.25, -0.2) is 4.98 Å². The van der Waals surface area contributed by atoms with Gasteiger partial charge in [-0.15, -0.1) is 0 Å². The van der Waals surface area contributed by atoms with Gasteiger partial charge in [0.15, 0.2) is 0 Å². The van der Waals surface area contributed by atoms with Gasteiger partial charge in [-0.3, -0.25) is 4.98 Å². The van der Waals surface area contributed by atoms with E-state index in [0.29, 0.717) is 10.8 Å². The highest BCUT2D eigenvalue weighted by Gasteiger charge is 2.51. The number of hydrogen-bond acceptors (Lipinski definition) is 5. The number of rotatable bonds is 4. The number of aromatic nitrogens is 3. The van der Waals surface area contributed by atoms with E-state index in [9.17, 15) is 0 Å². The summed E-state index contributed by atoms with van der Waals surface area (Å²) in [7, 11) is 1.63. The third-order valence-electron chi connectivity index (χ3n) is 6.42. The summed E-state index contributed by atoms with van der Waals surface area (Å²) in [6, 6.07) is 12.3. The number of ether oxygens (including phenoxy) is 2. The Labute approximate surface area is 184 Å². The molecule has 156 valence electrons. The molecule has 0 amide bonds. The van der Waals surface area contributed by atoms with Crippen molar-refractivity contribution in [1.29, 1.82) is 0 Å². The average Bonchev–Trinajstić information content (AvgIpc) is 3.14. The molecule has 1 N–H and O–H groups in total. The Morgan fingerprint density at radius 2 is 2.00 bits per heavy atom. The van der Waals surface area contributed by atoms with Crippen molar-refractivity contribution in [3.63, 3.8) is 0 Å². The Bertz CT molecular complexity index is 1280. The van der Waals surface area contributed by atoms with Crippen molar-refractivity contribution in [2.24, 2.45) is 0 Å². The number of fused-ring (bicyclic) bond motifs is 1. The van der Waals surface area contributed by atoms with E-state index < -0.39 is 0 Å². The number of hydrogen-bond donors (Lipinski definition) is 1. The Balaban J connectivity index is 1.32. The van der Waals surface area contributed by atoms with Crippen LogP contribution in [0.3, 0.4) is 0 Å². The second-order valence-electron chi connectivity index (χ2n) is 8.24. The molecule has 2 aliphatic rings. The molecule has 4 aromatic rings. The van der Waals surface area contributed by atoms with Gasteiger partial charge in [-0.2, -0.15) is 0 Å². The molecule has 0 aliphatic carbocycles. The lowest BCUT2D eigenvalue weighted by atomic mass is 9.83. The van der Waals surface area contributed by atoms with E-state index in [0.717, 1.165) is 58.9 Å². The molecule has 0 unspecified atom stereocenters. The summed E-state index contributed by atoms with van der Waals surface area (Å²) in [4.78, 5) is 14.8. The van der Waals surface area contributed by atoms with Crippen molar-refractivity contribution in [3.05, 3.63) is 60.0 Å². The molecular weight excluding hydrogens is 412 g/mol. The van der Waals surface area contributed by atoms with E-state index in [1.807, 2.05) is 18.3 Å². The van der Waals surface area contributed by atoms with Crippen LogP contribution in [-0.4, -0.2) is 47.4 Å². The molecule has 3 aromatic heterocycles. The Morgan fingerprint density at radius 3 is 2.68 bits per heavy atom. The minimum Gasteiger partial charge on any atom is -0.495 e. The number of H-pyrrole nitrogens is 1. The third-order valence-corrected chi connectivity index (χ3v) is 6.73. The summed E-state index contributed by atoms with van der Waals surface area (Å²) in [5.74, 6) is 1.72. The fourth-order valence-electron chi connectivity index (χ4n) is 4.45. The van der Waals surface area contributed by atoms with Crippen LogP contribution in [0.4, 0.5) is 5.82 Å². The lowest BCUT2D eigenvalue weighted by Gasteiger charge is -2.58. The maximum atomic E-state index is 6.60.